The number of alkyl halides is 6. The Morgan fingerprint density at radius 1 is 0.923 bits per heavy atom. The summed E-state index contributed by atoms with van der Waals surface area (Å²) in [7, 11) is 0. The number of rotatable bonds is 4. The zero-order chi connectivity index (χ0) is 19.6. The number of halogens is 6. The van der Waals surface area contributed by atoms with Crippen molar-refractivity contribution in [2.75, 3.05) is 5.32 Å². The van der Waals surface area contributed by atoms with E-state index in [4.69, 9.17) is 0 Å². The molecule has 10 heteroatoms. The fourth-order valence-corrected chi connectivity index (χ4v) is 2.05. The first-order valence-electron chi connectivity index (χ1n) is 7.18. The predicted octanol–water partition coefficient (Wildman–Crippen LogP) is 4.05. The van der Waals surface area contributed by atoms with E-state index in [9.17, 15) is 31.1 Å². The summed E-state index contributed by atoms with van der Waals surface area (Å²) in [6, 6.07) is 8.48. The van der Waals surface area contributed by atoms with Gasteiger partial charge in [-0.25, -0.2) is 4.98 Å². The number of amides is 1. The number of hydrogen-bond donors (Lipinski definition) is 2. The highest BCUT2D eigenvalue weighted by atomic mass is 19.4. The number of nitrogens with one attached hydrogen (secondary N) is 2. The summed E-state index contributed by atoms with van der Waals surface area (Å²) in [6.07, 6.45) is -10.8. The topological polar surface area (TPSA) is 54.0 Å². The van der Waals surface area contributed by atoms with Crippen molar-refractivity contribution in [3.63, 3.8) is 0 Å². The second-order valence-corrected chi connectivity index (χ2v) is 5.41. The second-order valence-electron chi connectivity index (χ2n) is 5.41. The average Bonchev–Trinajstić information content (AvgIpc) is 2.53. The van der Waals surface area contributed by atoms with E-state index in [1.165, 1.54) is 29.6 Å². The minimum Gasteiger partial charge on any atom is -0.332 e. The Morgan fingerprint density at radius 2 is 1.50 bits per heavy atom. The van der Waals surface area contributed by atoms with Crippen LogP contribution in [0.4, 0.5) is 32.2 Å². The van der Waals surface area contributed by atoms with E-state index in [0.717, 1.165) is 29.7 Å². The molecule has 0 fully saturated rings. The van der Waals surface area contributed by atoms with Gasteiger partial charge in [-0.3, -0.25) is 4.79 Å². The van der Waals surface area contributed by atoms with Gasteiger partial charge in [0.05, 0.1) is 0 Å². The van der Waals surface area contributed by atoms with Crippen LogP contribution in [0, 0.1) is 6.92 Å². The molecule has 0 aliphatic rings. The molecule has 0 saturated carbocycles. The minimum absolute atomic E-state index is 0.351. The molecular weight excluding hydrogens is 364 g/mol. The molecule has 1 amide bonds. The summed E-state index contributed by atoms with van der Waals surface area (Å²) in [5.74, 6) is -2.24. The van der Waals surface area contributed by atoms with Crippen molar-refractivity contribution in [3.05, 3.63) is 59.8 Å². The van der Waals surface area contributed by atoms with Crippen LogP contribution >= 0.6 is 0 Å². The van der Waals surface area contributed by atoms with E-state index < -0.39 is 29.7 Å². The van der Waals surface area contributed by atoms with Gasteiger partial charge >= 0.3 is 18.0 Å². The molecule has 0 radical (unpaired) electrons. The number of aromatic nitrogens is 1. The summed E-state index contributed by atoms with van der Waals surface area (Å²) in [5.41, 5.74) is -4.38. The number of carbonyl (C=O) groups is 1. The standard InChI is InChI=1S/C16H13F6N3O/c1-10-5-7-11(8-6-10)13(26)25-14(15(17,18)19,16(20,21)22)24-12-4-2-3-9-23-12/h2-9H,1H3,(H,23,24)(H,25,26). The van der Waals surface area contributed by atoms with Gasteiger partial charge in [0.1, 0.15) is 5.82 Å². The van der Waals surface area contributed by atoms with Gasteiger partial charge in [0.25, 0.3) is 5.91 Å². The number of anilines is 1. The van der Waals surface area contributed by atoms with Crippen LogP contribution in [0.15, 0.2) is 48.7 Å². The summed E-state index contributed by atoms with van der Waals surface area (Å²) in [6.45, 7) is 1.65. The van der Waals surface area contributed by atoms with Crippen LogP contribution in [-0.2, 0) is 0 Å². The van der Waals surface area contributed by atoms with Gasteiger partial charge in [0.15, 0.2) is 0 Å². The van der Waals surface area contributed by atoms with E-state index in [1.54, 1.807) is 6.92 Å². The number of benzene rings is 1. The van der Waals surface area contributed by atoms with Crippen LogP contribution in [-0.4, -0.2) is 28.9 Å². The lowest BCUT2D eigenvalue weighted by molar-refractivity contribution is -0.294. The molecule has 2 N–H and O–H groups in total. The Bertz CT molecular complexity index is 742. The molecule has 0 saturated heterocycles. The van der Waals surface area contributed by atoms with Crippen LogP contribution in [0.2, 0.25) is 0 Å². The van der Waals surface area contributed by atoms with E-state index >= 15 is 0 Å². The Morgan fingerprint density at radius 3 is 1.96 bits per heavy atom. The number of aryl methyl sites for hydroxylation is 1. The quantitative estimate of drug-likeness (QED) is 0.624. The Kier molecular flexibility index (Phi) is 5.15. The number of pyridine rings is 1. The first-order valence-corrected chi connectivity index (χ1v) is 7.18. The van der Waals surface area contributed by atoms with Gasteiger partial charge in [0, 0.05) is 11.8 Å². The first-order chi connectivity index (χ1) is 12.0. The van der Waals surface area contributed by atoms with Gasteiger partial charge in [-0.1, -0.05) is 23.8 Å². The molecule has 26 heavy (non-hydrogen) atoms. The van der Waals surface area contributed by atoms with E-state index in [1.807, 2.05) is 0 Å². The summed E-state index contributed by atoms with van der Waals surface area (Å²) < 4.78 is 80.8. The molecule has 0 aliphatic carbocycles. The molecule has 0 spiro atoms. The number of nitrogens with zero attached hydrogens (tertiary/aromatic N) is 1. The fourth-order valence-electron chi connectivity index (χ4n) is 2.05. The molecule has 0 atom stereocenters. The average molecular weight is 377 g/mol. The lowest BCUT2D eigenvalue weighted by atomic mass is 10.1. The summed E-state index contributed by atoms with van der Waals surface area (Å²) in [5, 5.41) is 2.35. The first kappa shape index (κ1) is 19.5. The van der Waals surface area contributed by atoms with Crippen LogP contribution in [0.3, 0.4) is 0 Å². The molecular formula is C16H13F6N3O. The molecule has 1 aromatic carbocycles. The highest BCUT2D eigenvalue weighted by Crippen LogP contribution is 2.43. The van der Waals surface area contributed by atoms with Crippen LogP contribution in [0.1, 0.15) is 15.9 Å². The van der Waals surface area contributed by atoms with Crippen molar-refractivity contribution in [1.82, 2.24) is 10.3 Å². The van der Waals surface area contributed by atoms with Gasteiger partial charge in [0.2, 0.25) is 0 Å². The molecule has 1 heterocycles. The molecule has 0 bridgehead atoms. The van der Waals surface area contributed by atoms with E-state index in [0.29, 0.717) is 5.56 Å². The van der Waals surface area contributed by atoms with Crippen LogP contribution in [0.5, 0.6) is 0 Å². The van der Waals surface area contributed by atoms with Crippen LogP contribution < -0.4 is 10.6 Å². The van der Waals surface area contributed by atoms with Crippen molar-refractivity contribution >= 4 is 11.7 Å². The predicted molar refractivity (Wildman–Crippen MR) is 81.3 cm³/mol. The van der Waals surface area contributed by atoms with Gasteiger partial charge in [-0.2, -0.15) is 26.3 Å². The maximum atomic E-state index is 13.5. The van der Waals surface area contributed by atoms with Gasteiger partial charge < -0.3 is 10.6 Å². The van der Waals surface area contributed by atoms with E-state index in [-0.39, 0.29) is 5.56 Å². The fraction of sp³-hybridized carbons (Fsp3) is 0.250. The highest BCUT2D eigenvalue weighted by Gasteiger charge is 2.72. The molecule has 2 rings (SSSR count). The third-order valence-corrected chi connectivity index (χ3v) is 3.45. The zero-order valence-electron chi connectivity index (χ0n) is 13.2. The van der Waals surface area contributed by atoms with Crippen molar-refractivity contribution in [1.29, 1.82) is 0 Å². The minimum atomic E-state index is -5.90. The maximum absolute atomic E-state index is 13.5. The SMILES string of the molecule is Cc1ccc(C(=O)NC(Nc2ccccn2)(C(F)(F)F)C(F)(F)F)cc1. The third-order valence-electron chi connectivity index (χ3n) is 3.45. The monoisotopic (exact) mass is 377 g/mol. The molecule has 4 nitrogen and oxygen atoms in total. The molecule has 1 aromatic heterocycles. The molecule has 140 valence electrons. The summed E-state index contributed by atoms with van der Waals surface area (Å²) in [4.78, 5) is 15.5. The Hall–Kier alpha value is -2.78. The third kappa shape index (κ3) is 3.89. The van der Waals surface area contributed by atoms with Crippen molar-refractivity contribution in [2.24, 2.45) is 0 Å². The van der Waals surface area contributed by atoms with Crippen molar-refractivity contribution < 1.29 is 31.1 Å². The largest absolute Gasteiger partial charge is 0.439 e. The maximum Gasteiger partial charge on any atom is 0.439 e. The zero-order valence-corrected chi connectivity index (χ0v) is 13.2. The Balaban J connectivity index is 2.48. The van der Waals surface area contributed by atoms with Gasteiger partial charge in [-0.05, 0) is 31.2 Å². The highest BCUT2D eigenvalue weighted by molar-refractivity contribution is 5.95. The second kappa shape index (κ2) is 6.85. The lowest BCUT2D eigenvalue weighted by Gasteiger charge is -2.38. The van der Waals surface area contributed by atoms with Crippen molar-refractivity contribution in [3.8, 4) is 0 Å². The van der Waals surface area contributed by atoms with Crippen molar-refractivity contribution in [2.45, 2.75) is 24.9 Å². The summed E-state index contributed by atoms with van der Waals surface area (Å²) >= 11 is 0. The smallest absolute Gasteiger partial charge is 0.332 e. The van der Waals surface area contributed by atoms with Gasteiger partial charge in [-0.15, -0.1) is 0 Å². The number of carbonyl (C=O) groups excluding carboxylic acids is 1. The normalized spacial score (nSPS) is 12.6. The number of hydrogen-bond acceptors (Lipinski definition) is 3. The van der Waals surface area contributed by atoms with Crippen LogP contribution in [0.25, 0.3) is 0 Å². The Labute approximate surface area is 144 Å². The molecule has 2 aromatic rings. The van der Waals surface area contributed by atoms with E-state index in [2.05, 4.69) is 4.98 Å². The molecule has 0 unspecified atom stereocenters. The molecule has 0 aliphatic heterocycles. The lowest BCUT2D eigenvalue weighted by Crippen LogP contribution is -2.72.